The molecule has 0 heterocycles. The van der Waals surface area contributed by atoms with Gasteiger partial charge in [-0.15, -0.1) is 0 Å². The Morgan fingerprint density at radius 3 is 2.36 bits per heavy atom. The summed E-state index contributed by atoms with van der Waals surface area (Å²) < 4.78 is 21.7. The molecule has 1 aromatic carbocycles. The predicted octanol–water partition coefficient (Wildman–Crippen LogP) is 1.69. The largest absolute Gasteiger partial charge is 0.398 e. The van der Waals surface area contributed by atoms with Gasteiger partial charge in [0.1, 0.15) is 0 Å². The molecule has 4 nitrogen and oxygen atoms in total. The van der Waals surface area contributed by atoms with Gasteiger partial charge in [-0.05, 0) is 19.1 Å². The van der Waals surface area contributed by atoms with Crippen LogP contribution < -0.4 is 11.0 Å². The molecule has 0 aromatic heterocycles. The highest BCUT2D eigenvalue weighted by atomic mass is 31.2. The third-order valence-electron chi connectivity index (χ3n) is 1.96. The van der Waals surface area contributed by atoms with Crippen molar-refractivity contribution in [3.8, 4) is 0 Å². The number of hydrogen-bond donors (Lipinski definition) is 1. The number of hydrogen-bond acceptors (Lipinski definition) is 4. The summed E-state index contributed by atoms with van der Waals surface area (Å²) in [7, 11) is -0.544. The summed E-state index contributed by atoms with van der Waals surface area (Å²) in [5.74, 6) is 0. The van der Waals surface area contributed by atoms with Gasteiger partial charge >= 0.3 is 7.60 Å². The van der Waals surface area contributed by atoms with Crippen molar-refractivity contribution in [3.63, 3.8) is 0 Å². The molecule has 0 bridgehead atoms. The van der Waals surface area contributed by atoms with Crippen LogP contribution in [0.4, 0.5) is 5.69 Å². The second kappa shape index (κ2) is 4.13. The summed E-state index contributed by atoms with van der Waals surface area (Å²) in [6.07, 6.45) is 0. The maximum atomic E-state index is 12.0. The van der Waals surface area contributed by atoms with Gasteiger partial charge in [0.25, 0.3) is 0 Å². The summed E-state index contributed by atoms with van der Waals surface area (Å²) in [4.78, 5) is 0. The standard InChI is InChI=1S/C9H14NO3P/c1-7-4-5-8(10)9(6-7)14(11,12-2)13-3/h4-6H,10H2,1-3H3. The zero-order valence-electron chi connectivity index (χ0n) is 8.48. The number of nitrogens with two attached hydrogens (primary N) is 1. The van der Waals surface area contributed by atoms with Gasteiger partial charge in [-0.3, -0.25) is 4.57 Å². The highest BCUT2D eigenvalue weighted by Crippen LogP contribution is 2.46. The smallest absolute Gasteiger partial charge is 0.362 e. The molecule has 1 aromatic rings. The minimum absolute atomic E-state index is 0.419. The predicted molar refractivity (Wildman–Crippen MR) is 56.8 cm³/mol. The Hall–Kier alpha value is -0.830. The summed E-state index contributed by atoms with van der Waals surface area (Å²) in [6.45, 7) is 1.89. The van der Waals surface area contributed by atoms with Crippen LogP contribution in [0.1, 0.15) is 5.56 Å². The van der Waals surface area contributed by atoms with Crippen LogP contribution in [0.15, 0.2) is 18.2 Å². The Labute approximate surface area is 83.6 Å². The van der Waals surface area contributed by atoms with E-state index in [1.54, 1.807) is 12.1 Å². The second-order valence-corrected chi connectivity index (χ2v) is 5.13. The first-order valence-corrected chi connectivity index (χ1v) is 5.66. The highest BCUT2D eigenvalue weighted by Gasteiger charge is 2.26. The molecule has 0 aliphatic heterocycles. The lowest BCUT2D eigenvalue weighted by Crippen LogP contribution is -2.13. The van der Waals surface area contributed by atoms with E-state index < -0.39 is 7.60 Å². The van der Waals surface area contributed by atoms with Crippen LogP contribution in [0, 0.1) is 6.92 Å². The minimum atomic E-state index is -3.22. The summed E-state index contributed by atoms with van der Waals surface area (Å²) in [6, 6.07) is 5.24. The van der Waals surface area contributed by atoms with E-state index in [4.69, 9.17) is 14.8 Å². The van der Waals surface area contributed by atoms with Gasteiger partial charge in [0.2, 0.25) is 0 Å². The van der Waals surface area contributed by atoms with Gasteiger partial charge in [0, 0.05) is 19.9 Å². The summed E-state index contributed by atoms with van der Waals surface area (Å²) in [5, 5.41) is 0.419. The third kappa shape index (κ3) is 1.98. The fourth-order valence-electron chi connectivity index (χ4n) is 1.16. The van der Waals surface area contributed by atoms with Gasteiger partial charge < -0.3 is 14.8 Å². The Balaban J connectivity index is 3.30. The van der Waals surface area contributed by atoms with Crippen molar-refractivity contribution >= 4 is 18.6 Å². The number of aryl methyl sites for hydroxylation is 1. The Bertz CT molecular complexity index is 370. The van der Waals surface area contributed by atoms with Crippen molar-refractivity contribution in [1.82, 2.24) is 0 Å². The molecule has 0 aliphatic rings. The van der Waals surface area contributed by atoms with E-state index in [1.165, 1.54) is 14.2 Å². The Morgan fingerprint density at radius 1 is 1.29 bits per heavy atom. The van der Waals surface area contributed by atoms with Gasteiger partial charge in [0.15, 0.2) is 0 Å². The van der Waals surface area contributed by atoms with Gasteiger partial charge in [-0.2, -0.15) is 0 Å². The molecule has 5 heteroatoms. The van der Waals surface area contributed by atoms with Gasteiger partial charge in [-0.1, -0.05) is 11.6 Å². The fraction of sp³-hybridized carbons (Fsp3) is 0.333. The number of anilines is 1. The molecular weight excluding hydrogens is 201 g/mol. The molecule has 0 fully saturated rings. The van der Waals surface area contributed by atoms with Crippen LogP contribution in [-0.4, -0.2) is 14.2 Å². The first-order chi connectivity index (χ1) is 6.53. The van der Waals surface area contributed by atoms with E-state index in [1.807, 2.05) is 13.0 Å². The van der Waals surface area contributed by atoms with Crippen molar-refractivity contribution in [2.45, 2.75) is 6.92 Å². The molecule has 0 saturated carbocycles. The summed E-state index contributed by atoms with van der Waals surface area (Å²) in [5.41, 5.74) is 7.08. The molecule has 0 unspecified atom stereocenters. The van der Waals surface area contributed by atoms with Crippen LogP contribution in [0.25, 0.3) is 0 Å². The number of nitrogen functional groups attached to an aromatic ring is 1. The third-order valence-corrected chi connectivity index (χ3v) is 3.90. The van der Waals surface area contributed by atoms with Crippen molar-refractivity contribution in [3.05, 3.63) is 23.8 Å². The molecule has 0 atom stereocenters. The van der Waals surface area contributed by atoms with E-state index in [0.29, 0.717) is 11.0 Å². The lowest BCUT2D eigenvalue weighted by molar-refractivity contribution is 0.287. The lowest BCUT2D eigenvalue weighted by Gasteiger charge is -2.15. The first kappa shape index (κ1) is 11.2. The zero-order chi connectivity index (χ0) is 10.8. The maximum absolute atomic E-state index is 12.0. The first-order valence-electron chi connectivity index (χ1n) is 4.11. The van der Waals surface area contributed by atoms with Crippen molar-refractivity contribution < 1.29 is 13.6 Å². The van der Waals surface area contributed by atoms with E-state index >= 15 is 0 Å². The van der Waals surface area contributed by atoms with Gasteiger partial charge in [-0.25, -0.2) is 0 Å². The SMILES string of the molecule is COP(=O)(OC)c1cc(C)ccc1N. The minimum Gasteiger partial charge on any atom is -0.398 e. The number of benzene rings is 1. The highest BCUT2D eigenvalue weighted by molar-refractivity contribution is 7.62. The average molecular weight is 215 g/mol. The molecule has 2 N–H and O–H groups in total. The molecule has 0 aliphatic carbocycles. The van der Waals surface area contributed by atoms with E-state index in [9.17, 15) is 4.57 Å². The molecule has 78 valence electrons. The molecule has 1 rings (SSSR count). The molecule has 0 spiro atoms. The fourth-order valence-corrected chi connectivity index (χ4v) is 2.46. The Kier molecular flexibility index (Phi) is 3.32. The summed E-state index contributed by atoms with van der Waals surface area (Å²) >= 11 is 0. The normalized spacial score (nSPS) is 11.6. The molecular formula is C9H14NO3P. The average Bonchev–Trinajstić information content (AvgIpc) is 2.20. The number of rotatable bonds is 3. The van der Waals surface area contributed by atoms with E-state index in [2.05, 4.69) is 0 Å². The van der Waals surface area contributed by atoms with Crippen molar-refractivity contribution in [2.75, 3.05) is 20.0 Å². The Morgan fingerprint density at radius 2 is 1.86 bits per heavy atom. The van der Waals surface area contributed by atoms with Crippen LogP contribution in [0.5, 0.6) is 0 Å². The monoisotopic (exact) mass is 215 g/mol. The molecule has 0 amide bonds. The molecule has 0 radical (unpaired) electrons. The van der Waals surface area contributed by atoms with Crippen LogP contribution in [-0.2, 0) is 13.6 Å². The molecule has 14 heavy (non-hydrogen) atoms. The van der Waals surface area contributed by atoms with Gasteiger partial charge in [0.05, 0.1) is 5.30 Å². The zero-order valence-corrected chi connectivity index (χ0v) is 9.38. The topological polar surface area (TPSA) is 61.5 Å². The quantitative estimate of drug-likeness (QED) is 0.615. The van der Waals surface area contributed by atoms with Crippen LogP contribution in [0.3, 0.4) is 0 Å². The van der Waals surface area contributed by atoms with Crippen LogP contribution in [0.2, 0.25) is 0 Å². The van der Waals surface area contributed by atoms with E-state index in [0.717, 1.165) is 5.56 Å². The second-order valence-electron chi connectivity index (χ2n) is 2.92. The molecule has 0 saturated heterocycles. The van der Waals surface area contributed by atoms with Crippen molar-refractivity contribution in [2.24, 2.45) is 0 Å². The lowest BCUT2D eigenvalue weighted by atomic mass is 10.2. The van der Waals surface area contributed by atoms with Crippen molar-refractivity contribution in [1.29, 1.82) is 0 Å². The van der Waals surface area contributed by atoms with Crippen LogP contribution >= 0.6 is 7.60 Å². The van der Waals surface area contributed by atoms with E-state index in [-0.39, 0.29) is 0 Å². The maximum Gasteiger partial charge on any atom is 0.362 e.